The van der Waals surface area contributed by atoms with Gasteiger partial charge in [0, 0.05) is 10.6 Å². The predicted octanol–water partition coefficient (Wildman–Crippen LogP) is 5.81. The molecule has 0 aliphatic heterocycles. The summed E-state index contributed by atoms with van der Waals surface area (Å²) in [6.45, 7) is 1.71. The van der Waals surface area contributed by atoms with E-state index in [1.165, 1.54) is 11.3 Å². The number of methoxy groups -OCH3 is 1. The van der Waals surface area contributed by atoms with Crippen LogP contribution in [0.15, 0.2) is 66.4 Å². The SMILES string of the molecule is CCOC(=O)/C([N+]#N)=C(\O)c1sc(-c2ccccc2)cc1Nc1ccc(OC)cc1. The van der Waals surface area contributed by atoms with E-state index in [1.54, 1.807) is 26.2 Å². The van der Waals surface area contributed by atoms with Crippen LogP contribution in [0.1, 0.15) is 11.8 Å². The molecule has 0 radical (unpaired) electrons. The van der Waals surface area contributed by atoms with Crippen LogP contribution in [0.2, 0.25) is 0 Å². The molecule has 0 bridgehead atoms. The number of nitrogens with zero attached hydrogens (tertiary/aromatic N) is 2. The van der Waals surface area contributed by atoms with Gasteiger partial charge in [0.15, 0.2) is 4.98 Å². The molecule has 2 N–H and O–H groups in total. The van der Waals surface area contributed by atoms with Gasteiger partial charge in [-0.1, -0.05) is 30.3 Å². The first kappa shape index (κ1) is 20.9. The van der Waals surface area contributed by atoms with Gasteiger partial charge in [-0.05, 0) is 42.8 Å². The van der Waals surface area contributed by atoms with Gasteiger partial charge < -0.3 is 19.9 Å². The van der Waals surface area contributed by atoms with Crippen molar-refractivity contribution >= 4 is 34.4 Å². The number of hydrogen-bond acceptors (Lipinski definition) is 7. The summed E-state index contributed by atoms with van der Waals surface area (Å²) in [5.74, 6) is -0.677. The Hall–Kier alpha value is -3.83. The van der Waals surface area contributed by atoms with E-state index in [0.29, 0.717) is 16.3 Å². The van der Waals surface area contributed by atoms with Crippen LogP contribution in [0.25, 0.3) is 21.2 Å². The molecule has 0 aliphatic carbocycles. The molecule has 3 aromatic rings. The first-order valence-electron chi connectivity index (χ1n) is 9.13. The number of benzene rings is 2. The van der Waals surface area contributed by atoms with Crippen LogP contribution in [0.4, 0.5) is 11.4 Å². The molecule has 0 spiro atoms. The highest BCUT2D eigenvalue weighted by Gasteiger charge is 2.33. The lowest BCUT2D eigenvalue weighted by molar-refractivity contribution is -0.138. The van der Waals surface area contributed by atoms with E-state index in [0.717, 1.165) is 16.1 Å². The number of rotatable bonds is 7. The quantitative estimate of drug-likeness (QED) is 0.216. The monoisotopic (exact) mass is 422 g/mol. The number of carbonyl (C=O) groups is 1. The van der Waals surface area contributed by atoms with Crippen LogP contribution in [0.5, 0.6) is 5.75 Å². The fourth-order valence-corrected chi connectivity index (χ4v) is 3.79. The fourth-order valence-electron chi connectivity index (χ4n) is 2.73. The molecule has 0 amide bonds. The molecule has 1 aromatic heterocycles. The molecule has 0 saturated heterocycles. The maximum Gasteiger partial charge on any atom is 0.510 e. The molecular formula is C22H20N3O4S+. The lowest BCUT2D eigenvalue weighted by atomic mass is 10.2. The summed E-state index contributed by atoms with van der Waals surface area (Å²) in [6.07, 6.45) is 0. The van der Waals surface area contributed by atoms with Crippen LogP contribution < -0.4 is 10.1 Å². The standard InChI is InChI=1S/C22H19N3O4S/c1-3-29-22(27)19(25-23)20(26)21-17(24-15-9-11-16(28-2)12-10-15)13-18(30-21)14-7-5-4-6-8-14/h4-13H,3H2,1-2H3,(H-,24,26,27)/p+1. The molecule has 0 saturated carbocycles. The van der Waals surface area contributed by atoms with Crippen molar-refractivity contribution < 1.29 is 19.4 Å². The molecule has 1 heterocycles. The van der Waals surface area contributed by atoms with E-state index in [-0.39, 0.29) is 6.61 Å². The van der Waals surface area contributed by atoms with Crippen LogP contribution in [-0.4, -0.2) is 24.8 Å². The summed E-state index contributed by atoms with van der Waals surface area (Å²) in [6, 6.07) is 18.7. The van der Waals surface area contributed by atoms with Crippen molar-refractivity contribution in [1.82, 2.24) is 0 Å². The predicted molar refractivity (Wildman–Crippen MR) is 117 cm³/mol. The summed E-state index contributed by atoms with van der Waals surface area (Å²) in [5, 5.41) is 23.3. The van der Waals surface area contributed by atoms with Gasteiger partial charge in [-0.15, -0.1) is 11.3 Å². The van der Waals surface area contributed by atoms with Gasteiger partial charge in [-0.2, -0.15) is 0 Å². The lowest BCUT2D eigenvalue weighted by Crippen LogP contribution is -2.07. The molecule has 0 fully saturated rings. The Balaban J connectivity index is 2.08. The van der Waals surface area contributed by atoms with E-state index in [4.69, 9.17) is 9.47 Å². The van der Waals surface area contributed by atoms with Crippen LogP contribution in [0.3, 0.4) is 0 Å². The zero-order chi connectivity index (χ0) is 21.5. The molecule has 2 aromatic carbocycles. The Kier molecular flexibility index (Phi) is 6.67. The molecule has 8 heteroatoms. The highest BCUT2D eigenvalue weighted by Crippen LogP contribution is 2.40. The molecule has 0 atom stereocenters. The second-order valence-corrected chi connectivity index (χ2v) is 7.14. The van der Waals surface area contributed by atoms with Crippen molar-refractivity contribution in [3.05, 3.63) is 76.2 Å². The van der Waals surface area contributed by atoms with Crippen LogP contribution in [-0.2, 0) is 9.53 Å². The number of aliphatic hydroxyl groups excluding tert-OH is 1. The van der Waals surface area contributed by atoms with Crippen molar-refractivity contribution in [2.75, 3.05) is 19.0 Å². The van der Waals surface area contributed by atoms with E-state index >= 15 is 0 Å². The molecule has 152 valence electrons. The molecule has 7 nitrogen and oxygen atoms in total. The highest BCUT2D eigenvalue weighted by molar-refractivity contribution is 7.17. The number of thiophene rings is 1. The summed E-state index contributed by atoms with van der Waals surface area (Å²) < 4.78 is 10.0. The van der Waals surface area contributed by atoms with Gasteiger partial charge >= 0.3 is 11.7 Å². The number of diazo groups is 1. The highest BCUT2D eigenvalue weighted by atomic mass is 32.1. The number of nitrogens with one attached hydrogen (secondary N) is 1. The van der Waals surface area contributed by atoms with Gasteiger partial charge in [0.1, 0.15) is 10.6 Å². The van der Waals surface area contributed by atoms with Gasteiger partial charge in [0.2, 0.25) is 11.2 Å². The Morgan fingerprint density at radius 2 is 1.87 bits per heavy atom. The van der Waals surface area contributed by atoms with Crippen LogP contribution in [0, 0.1) is 5.39 Å². The van der Waals surface area contributed by atoms with Crippen LogP contribution >= 0.6 is 11.3 Å². The number of ether oxygens (including phenoxy) is 2. The van der Waals surface area contributed by atoms with Gasteiger partial charge in [-0.3, -0.25) is 0 Å². The number of esters is 1. The van der Waals surface area contributed by atoms with E-state index in [1.807, 2.05) is 48.5 Å². The third-order valence-electron chi connectivity index (χ3n) is 4.17. The second kappa shape index (κ2) is 9.58. The number of aliphatic hydroxyl groups is 1. The Bertz CT molecular complexity index is 1100. The summed E-state index contributed by atoms with van der Waals surface area (Å²) >= 11 is 1.25. The first-order valence-corrected chi connectivity index (χ1v) is 9.95. The van der Waals surface area contributed by atoms with Crippen molar-refractivity contribution in [3.63, 3.8) is 0 Å². The van der Waals surface area contributed by atoms with Crippen molar-refractivity contribution in [3.8, 4) is 16.2 Å². The molecular weight excluding hydrogens is 402 g/mol. The summed E-state index contributed by atoms with van der Waals surface area (Å²) in [7, 11) is 1.59. The van der Waals surface area contributed by atoms with Gasteiger partial charge in [0.25, 0.3) is 0 Å². The van der Waals surface area contributed by atoms with Gasteiger partial charge in [-0.25, -0.2) is 4.79 Å². The normalized spacial score (nSPS) is 11.2. The molecule has 0 unspecified atom stereocenters. The fraction of sp³-hybridized carbons (Fsp3) is 0.136. The topological polar surface area (TPSA) is 95.9 Å². The van der Waals surface area contributed by atoms with E-state index < -0.39 is 17.4 Å². The minimum atomic E-state index is -0.914. The lowest BCUT2D eigenvalue weighted by Gasteiger charge is -2.07. The maximum atomic E-state index is 12.1. The number of hydrogen-bond donors (Lipinski definition) is 2. The Morgan fingerprint density at radius 1 is 1.17 bits per heavy atom. The summed E-state index contributed by atoms with van der Waals surface area (Å²) in [4.78, 5) is 16.2. The maximum absolute atomic E-state index is 12.1. The molecule has 0 aliphatic rings. The zero-order valence-electron chi connectivity index (χ0n) is 16.5. The van der Waals surface area contributed by atoms with E-state index in [2.05, 4.69) is 10.3 Å². The smallest absolute Gasteiger partial charge is 0.500 e. The zero-order valence-corrected chi connectivity index (χ0v) is 17.3. The first-order chi connectivity index (χ1) is 14.6. The largest absolute Gasteiger partial charge is 0.510 e. The van der Waals surface area contributed by atoms with Crippen molar-refractivity contribution in [2.24, 2.45) is 0 Å². The second-order valence-electron chi connectivity index (χ2n) is 6.09. The van der Waals surface area contributed by atoms with Crippen molar-refractivity contribution in [1.29, 1.82) is 5.39 Å². The Morgan fingerprint density at radius 3 is 2.47 bits per heavy atom. The molecule has 30 heavy (non-hydrogen) atoms. The van der Waals surface area contributed by atoms with E-state index in [9.17, 15) is 15.3 Å². The van der Waals surface area contributed by atoms with Crippen molar-refractivity contribution in [2.45, 2.75) is 6.92 Å². The van der Waals surface area contributed by atoms with Gasteiger partial charge in [0.05, 0.1) is 19.4 Å². The summed E-state index contributed by atoms with van der Waals surface area (Å²) in [5.41, 5.74) is 1.68. The number of anilines is 2. The third-order valence-corrected chi connectivity index (χ3v) is 5.36. The molecule has 3 rings (SSSR count). The minimum Gasteiger partial charge on any atom is -0.500 e. The average molecular weight is 422 g/mol. The third kappa shape index (κ3) is 4.59. The minimum absolute atomic E-state index is 0.0851. The number of carbonyl (C=O) groups excluding carboxylic acids is 1. The Labute approximate surface area is 177 Å². The average Bonchev–Trinajstić information content (AvgIpc) is 3.19.